The van der Waals surface area contributed by atoms with Crippen LogP contribution in [0.5, 0.6) is 0 Å². The molecule has 0 aliphatic rings. The van der Waals surface area contributed by atoms with Crippen LogP contribution in [0.25, 0.3) is 0 Å². The number of amides is 1. The minimum absolute atomic E-state index is 0.00132. The number of nitrogen functional groups attached to an aromatic ring is 1. The number of carbonyl (C=O) groups excluding carboxylic acids is 1. The molecule has 106 valence electrons. The summed E-state index contributed by atoms with van der Waals surface area (Å²) in [4.78, 5) is 16.4. The van der Waals surface area contributed by atoms with Crippen molar-refractivity contribution in [2.24, 2.45) is 0 Å². The average Bonchev–Trinajstić information content (AvgIpc) is 2.27. The van der Waals surface area contributed by atoms with Gasteiger partial charge in [-0.05, 0) is 19.1 Å². The molecule has 0 spiro atoms. The summed E-state index contributed by atoms with van der Waals surface area (Å²) in [7, 11) is 1.47. The Labute approximate surface area is 108 Å². The van der Waals surface area contributed by atoms with Crippen molar-refractivity contribution >= 4 is 17.5 Å². The second-order valence-electron chi connectivity index (χ2n) is 3.95. The third-order valence-corrected chi connectivity index (χ3v) is 2.30. The zero-order valence-electron chi connectivity index (χ0n) is 10.6. The van der Waals surface area contributed by atoms with E-state index in [0.29, 0.717) is 6.54 Å². The number of anilines is 2. The lowest BCUT2D eigenvalue weighted by atomic mass is 10.2. The van der Waals surface area contributed by atoms with Crippen molar-refractivity contribution in [2.45, 2.75) is 13.1 Å². The lowest BCUT2D eigenvalue weighted by molar-refractivity contribution is -0.137. The molecule has 0 saturated heterocycles. The number of rotatable bonds is 4. The third kappa shape index (κ3) is 4.31. The van der Waals surface area contributed by atoms with E-state index in [1.54, 1.807) is 6.92 Å². The minimum Gasteiger partial charge on any atom is -0.384 e. The lowest BCUT2D eigenvalue weighted by Gasteiger charge is -2.19. The standard InChI is InChI=1S/C11H15F3N4O/c1-3-16-10(19)6-18(2)9-5-7(11(12,13)14)4-8(15)17-9/h4-5H,3,6H2,1-2H3,(H2,15,17)(H,16,19). The fraction of sp³-hybridized carbons (Fsp3) is 0.455. The van der Waals surface area contributed by atoms with Crippen LogP contribution in [0.2, 0.25) is 0 Å². The molecule has 0 bridgehead atoms. The highest BCUT2D eigenvalue weighted by atomic mass is 19.4. The molecule has 1 amide bonds. The van der Waals surface area contributed by atoms with E-state index in [9.17, 15) is 18.0 Å². The second kappa shape index (κ2) is 5.77. The molecule has 0 atom stereocenters. The minimum atomic E-state index is -4.50. The number of pyridine rings is 1. The van der Waals surface area contributed by atoms with E-state index in [4.69, 9.17) is 5.73 Å². The van der Waals surface area contributed by atoms with Gasteiger partial charge in [0.1, 0.15) is 11.6 Å². The first-order valence-electron chi connectivity index (χ1n) is 5.56. The molecule has 0 radical (unpaired) electrons. The molecule has 5 nitrogen and oxygen atoms in total. The van der Waals surface area contributed by atoms with Crippen molar-refractivity contribution in [2.75, 3.05) is 30.8 Å². The Kier molecular flexibility index (Phi) is 4.57. The van der Waals surface area contributed by atoms with Crippen molar-refractivity contribution in [1.29, 1.82) is 0 Å². The van der Waals surface area contributed by atoms with Gasteiger partial charge in [0.05, 0.1) is 12.1 Å². The summed E-state index contributed by atoms with van der Waals surface area (Å²) in [6.45, 7) is 2.10. The summed E-state index contributed by atoms with van der Waals surface area (Å²) in [6, 6.07) is 1.61. The fourth-order valence-corrected chi connectivity index (χ4v) is 1.45. The Hall–Kier alpha value is -1.99. The van der Waals surface area contributed by atoms with Crippen LogP contribution < -0.4 is 16.0 Å². The summed E-state index contributed by atoms with van der Waals surface area (Å²) < 4.78 is 37.8. The Morgan fingerprint density at radius 1 is 1.47 bits per heavy atom. The van der Waals surface area contributed by atoms with Crippen LogP contribution in [0.15, 0.2) is 12.1 Å². The molecule has 0 aliphatic heterocycles. The van der Waals surface area contributed by atoms with E-state index in [0.717, 1.165) is 12.1 Å². The largest absolute Gasteiger partial charge is 0.416 e. The van der Waals surface area contributed by atoms with Crippen LogP contribution in [0.4, 0.5) is 24.8 Å². The third-order valence-electron chi connectivity index (χ3n) is 2.30. The van der Waals surface area contributed by atoms with Crippen molar-refractivity contribution in [3.8, 4) is 0 Å². The number of carbonyl (C=O) groups is 1. The van der Waals surface area contributed by atoms with Gasteiger partial charge in [0.25, 0.3) is 0 Å². The lowest BCUT2D eigenvalue weighted by Crippen LogP contribution is -2.35. The molecule has 0 aromatic carbocycles. The highest BCUT2D eigenvalue weighted by Crippen LogP contribution is 2.32. The number of nitrogens with two attached hydrogens (primary N) is 1. The highest BCUT2D eigenvalue weighted by Gasteiger charge is 2.31. The first-order chi connectivity index (χ1) is 8.74. The number of nitrogens with zero attached hydrogens (tertiary/aromatic N) is 2. The van der Waals surface area contributed by atoms with Crippen molar-refractivity contribution < 1.29 is 18.0 Å². The first-order valence-corrected chi connectivity index (χ1v) is 5.56. The van der Waals surface area contributed by atoms with Gasteiger partial charge in [-0.3, -0.25) is 4.79 Å². The van der Waals surface area contributed by atoms with Crippen LogP contribution in [-0.2, 0) is 11.0 Å². The zero-order valence-corrected chi connectivity index (χ0v) is 10.6. The summed E-state index contributed by atoms with van der Waals surface area (Å²) in [5.74, 6) is -0.547. The van der Waals surface area contributed by atoms with E-state index in [2.05, 4.69) is 10.3 Å². The number of nitrogens with one attached hydrogen (secondary N) is 1. The molecule has 0 unspecified atom stereocenters. The maximum atomic E-state index is 12.6. The number of alkyl halides is 3. The normalized spacial score (nSPS) is 11.2. The summed E-state index contributed by atoms with van der Waals surface area (Å²) in [5, 5.41) is 2.54. The number of likely N-dealkylation sites (N-methyl/N-ethyl adjacent to an activating group) is 2. The van der Waals surface area contributed by atoms with Crippen LogP contribution in [0.3, 0.4) is 0 Å². The predicted octanol–water partition coefficient (Wildman–Crippen LogP) is 1.25. The topological polar surface area (TPSA) is 71.2 Å². The number of hydrogen-bond donors (Lipinski definition) is 2. The van der Waals surface area contributed by atoms with Crippen LogP contribution in [-0.4, -0.2) is 31.0 Å². The van der Waals surface area contributed by atoms with Crippen molar-refractivity contribution in [3.05, 3.63) is 17.7 Å². The summed E-state index contributed by atoms with van der Waals surface area (Å²) >= 11 is 0. The highest BCUT2D eigenvalue weighted by molar-refractivity contribution is 5.80. The number of hydrogen-bond acceptors (Lipinski definition) is 4. The van der Waals surface area contributed by atoms with Crippen LogP contribution >= 0.6 is 0 Å². The van der Waals surface area contributed by atoms with Gasteiger partial charge in [0.15, 0.2) is 0 Å². The summed E-state index contributed by atoms with van der Waals surface area (Å²) in [5.41, 5.74) is 4.45. The first kappa shape index (κ1) is 15.1. The van der Waals surface area contributed by atoms with Gasteiger partial charge >= 0.3 is 6.18 Å². The second-order valence-corrected chi connectivity index (χ2v) is 3.95. The monoisotopic (exact) mass is 276 g/mol. The zero-order chi connectivity index (χ0) is 14.6. The van der Waals surface area contributed by atoms with Crippen molar-refractivity contribution in [3.63, 3.8) is 0 Å². The van der Waals surface area contributed by atoms with Crippen molar-refractivity contribution in [1.82, 2.24) is 10.3 Å². The molecular weight excluding hydrogens is 261 g/mol. The molecular formula is C11H15F3N4O. The van der Waals surface area contributed by atoms with Gasteiger partial charge in [0, 0.05) is 13.6 Å². The molecule has 1 aromatic rings. The van der Waals surface area contributed by atoms with Gasteiger partial charge in [-0.25, -0.2) is 4.98 Å². The molecule has 0 fully saturated rings. The average molecular weight is 276 g/mol. The van der Waals surface area contributed by atoms with Gasteiger partial charge in [-0.1, -0.05) is 0 Å². The van der Waals surface area contributed by atoms with Gasteiger partial charge < -0.3 is 16.0 Å². The van der Waals surface area contributed by atoms with Gasteiger partial charge in [-0.15, -0.1) is 0 Å². The van der Waals surface area contributed by atoms with E-state index in [-0.39, 0.29) is 24.1 Å². The predicted molar refractivity (Wildman–Crippen MR) is 65.6 cm³/mol. The fourth-order valence-electron chi connectivity index (χ4n) is 1.45. The summed E-state index contributed by atoms with van der Waals surface area (Å²) in [6.07, 6.45) is -4.50. The Morgan fingerprint density at radius 3 is 2.63 bits per heavy atom. The molecule has 19 heavy (non-hydrogen) atoms. The maximum Gasteiger partial charge on any atom is 0.416 e. The maximum absolute atomic E-state index is 12.6. The number of halogens is 3. The van der Waals surface area contributed by atoms with Gasteiger partial charge in [0.2, 0.25) is 5.91 Å². The SMILES string of the molecule is CCNC(=O)CN(C)c1cc(C(F)(F)F)cc(N)n1. The van der Waals surface area contributed by atoms with Crippen LogP contribution in [0, 0.1) is 0 Å². The molecule has 1 aromatic heterocycles. The number of aromatic nitrogens is 1. The van der Waals surface area contributed by atoms with E-state index < -0.39 is 11.7 Å². The Balaban J connectivity index is 2.94. The van der Waals surface area contributed by atoms with Crippen LogP contribution in [0.1, 0.15) is 12.5 Å². The smallest absolute Gasteiger partial charge is 0.384 e. The van der Waals surface area contributed by atoms with E-state index >= 15 is 0 Å². The van der Waals surface area contributed by atoms with Gasteiger partial charge in [-0.2, -0.15) is 13.2 Å². The Morgan fingerprint density at radius 2 is 2.11 bits per heavy atom. The molecule has 0 saturated carbocycles. The van der Waals surface area contributed by atoms with E-state index in [1.807, 2.05) is 0 Å². The molecule has 1 rings (SSSR count). The molecule has 0 aliphatic carbocycles. The Bertz CT molecular complexity index is 462. The van der Waals surface area contributed by atoms with E-state index in [1.165, 1.54) is 11.9 Å². The quantitative estimate of drug-likeness (QED) is 0.868. The molecule has 3 N–H and O–H groups in total. The molecule has 1 heterocycles. The molecule has 8 heteroatoms.